The van der Waals surface area contributed by atoms with Crippen molar-refractivity contribution in [2.24, 2.45) is 0 Å². The number of halogens is 2. The van der Waals surface area contributed by atoms with Gasteiger partial charge >= 0.3 is 0 Å². The maximum absolute atomic E-state index is 13.9. The average Bonchev–Trinajstić information content (AvgIpc) is 2.53. The van der Waals surface area contributed by atoms with Crippen molar-refractivity contribution in [1.29, 1.82) is 0 Å². The molecule has 2 aromatic carbocycles. The molecule has 0 bridgehead atoms. The summed E-state index contributed by atoms with van der Waals surface area (Å²) in [7, 11) is 0. The predicted molar refractivity (Wildman–Crippen MR) is 88.3 cm³/mol. The second-order valence-corrected chi connectivity index (χ2v) is 5.83. The van der Waals surface area contributed by atoms with Crippen molar-refractivity contribution in [3.8, 4) is 11.5 Å². The summed E-state index contributed by atoms with van der Waals surface area (Å²) in [6.45, 7) is 0. The Bertz CT molecular complexity index is 875. The second-order valence-electron chi connectivity index (χ2n) is 4.91. The van der Waals surface area contributed by atoms with Crippen molar-refractivity contribution in [2.75, 3.05) is 0 Å². The molecule has 1 heterocycles. The SMILES string of the molecule is O=c1ccc(Cc2ccc(F)c(Oc3cccc(Br)c3)c2)n[nH]1. The van der Waals surface area contributed by atoms with E-state index in [1.54, 1.807) is 30.3 Å². The lowest BCUT2D eigenvalue weighted by Gasteiger charge is -2.09. The molecule has 116 valence electrons. The minimum atomic E-state index is -0.442. The minimum absolute atomic E-state index is 0.144. The van der Waals surface area contributed by atoms with E-state index >= 15 is 0 Å². The number of hydrogen-bond donors (Lipinski definition) is 1. The number of nitrogens with one attached hydrogen (secondary N) is 1. The topological polar surface area (TPSA) is 55.0 Å². The van der Waals surface area contributed by atoms with Crippen molar-refractivity contribution in [3.63, 3.8) is 0 Å². The number of aromatic amines is 1. The van der Waals surface area contributed by atoms with E-state index in [-0.39, 0.29) is 11.3 Å². The van der Waals surface area contributed by atoms with Gasteiger partial charge in [-0.05, 0) is 42.0 Å². The van der Waals surface area contributed by atoms with Gasteiger partial charge in [0, 0.05) is 17.0 Å². The van der Waals surface area contributed by atoms with Crippen LogP contribution >= 0.6 is 15.9 Å². The average molecular weight is 375 g/mol. The zero-order valence-electron chi connectivity index (χ0n) is 11.9. The molecule has 0 aliphatic heterocycles. The first-order valence-electron chi connectivity index (χ1n) is 6.86. The van der Waals surface area contributed by atoms with Gasteiger partial charge in [0.2, 0.25) is 0 Å². The summed E-state index contributed by atoms with van der Waals surface area (Å²) in [5, 5.41) is 6.32. The maximum atomic E-state index is 13.9. The molecule has 1 aromatic heterocycles. The molecule has 0 saturated heterocycles. The predicted octanol–water partition coefficient (Wildman–Crippen LogP) is 4.05. The van der Waals surface area contributed by atoms with Crippen molar-refractivity contribution in [2.45, 2.75) is 6.42 Å². The molecule has 0 fully saturated rings. The van der Waals surface area contributed by atoms with E-state index in [0.717, 1.165) is 10.0 Å². The molecule has 1 N–H and O–H groups in total. The van der Waals surface area contributed by atoms with E-state index in [1.165, 1.54) is 12.1 Å². The lowest BCUT2D eigenvalue weighted by Crippen LogP contribution is -2.07. The Balaban J connectivity index is 1.84. The van der Waals surface area contributed by atoms with E-state index in [2.05, 4.69) is 26.1 Å². The Morgan fingerprint density at radius 3 is 2.74 bits per heavy atom. The molecule has 0 unspecified atom stereocenters. The summed E-state index contributed by atoms with van der Waals surface area (Å²) >= 11 is 3.35. The van der Waals surface area contributed by atoms with E-state index in [9.17, 15) is 9.18 Å². The van der Waals surface area contributed by atoms with Crippen LogP contribution in [0.3, 0.4) is 0 Å². The van der Waals surface area contributed by atoms with Gasteiger partial charge in [-0.1, -0.05) is 28.1 Å². The second kappa shape index (κ2) is 6.75. The highest BCUT2D eigenvalue weighted by Gasteiger charge is 2.08. The van der Waals surface area contributed by atoms with Crippen LogP contribution in [0.1, 0.15) is 11.3 Å². The van der Waals surface area contributed by atoms with Crippen molar-refractivity contribution < 1.29 is 9.13 Å². The number of ether oxygens (including phenoxy) is 1. The van der Waals surface area contributed by atoms with Gasteiger partial charge in [-0.2, -0.15) is 5.10 Å². The maximum Gasteiger partial charge on any atom is 0.264 e. The van der Waals surface area contributed by atoms with Gasteiger partial charge in [0.1, 0.15) is 5.75 Å². The summed E-state index contributed by atoms with van der Waals surface area (Å²) in [6, 6.07) is 14.9. The van der Waals surface area contributed by atoms with Crippen LogP contribution in [0.25, 0.3) is 0 Å². The molecule has 0 amide bonds. The highest BCUT2D eigenvalue weighted by molar-refractivity contribution is 9.10. The van der Waals surface area contributed by atoms with Crippen molar-refractivity contribution in [3.05, 3.63) is 86.5 Å². The van der Waals surface area contributed by atoms with Crippen LogP contribution in [-0.4, -0.2) is 10.2 Å². The third kappa shape index (κ3) is 4.04. The van der Waals surface area contributed by atoms with E-state index < -0.39 is 5.82 Å². The van der Waals surface area contributed by atoms with Crippen LogP contribution in [0, 0.1) is 5.82 Å². The van der Waals surface area contributed by atoms with Gasteiger partial charge < -0.3 is 4.74 Å². The van der Waals surface area contributed by atoms with Crippen molar-refractivity contribution >= 4 is 15.9 Å². The number of rotatable bonds is 4. The smallest absolute Gasteiger partial charge is 0.264 e. The fourth-order valence-corrected chi connectivity index (χ4v) is 2.45. The molecule has 0 saturated carbocycles. The van der Waals surface area contributed by atoms with Crippen LogP contribution in [0.4, 0.5) is 4.39 Å². The molecule has 3 rings (SSSR count). The molecule has 0 aliphatic rings. The third-order valence-electron chi connectivity index (χ3n) is 3.14. The molecule has 0 spiro atoms. The normalized spacial score (nSPS) is 10.5. The van der Waals surface area contributed by atoms with Crippen LogP contribution in [0.15, 0.2) is 63.9 Å². The van der Waals surface area contributed by atoms with Gasteiger partial charge in [-0.3, -0.25) is 4.79 Å². The van der Waals surface area contributed by atoms with Gasteiger partial charge in [0.15, 0.2) is 11.6 Å². The Kier molecular flexibility index (Phi) is 4.52. The summed E-state index contributed by atoms with van der Waals surface area (Å²) < 4.78 is 20.4. The van der Waals surface area contributed by atoms with Crippen LogP contribution in [-0.2, 0) is 6.42 Å². The number of nitrogens with zero attached hydrogens (tertiary/aromatic N) is 1. The number of hydrogen-bond acceptors (Lipinski definition) is 3. The number of H-pyrrole nitrogens is 1. The van der Waals surface area contributed by atoms with E-state index in [1.807, 2.05) is 12.1 Å². The summed E-state index contributed by atoms with van der Waals surface area (Å²) in [4.78, 5) is 11.0. The molecule has 0 radical (unpaired) electrons. The molecule has 6 heteroatoms. The quantitative estimate of drug-likeness (QED) is 0.749. The summed E-state index contributed by atoms with van der Waals surface area (Å²) in [6.07, 6.45) is 0.464. The Hall–Kier alpha value is -2.47. The molecule has 23 heavy (non-hydrogen) atoms. The Morgan fingerprint density at radius 1 is 1.13 bits per heavy atom. The number of benzene rings is 2. The fourth-order valence-electron chi connectivity index (χ4n) is 2.07. The lowest BCUT2D eigenvalue weighted by molar-refractivity contribution is 0.441. The Labute approximate surface area is 140 Å². The third-order valence-corrected chi connectivity index (χ3v) is 3.63. The van der Waals surface area contributed by atoms with Gasteiger partial charge in [0.25, 0.3) is 5.56 Å². The van der Waals surface area contributed by atoms with Gasteiger partial charge in [-0.25, -0.2) is 9.49 Å². The van der Waals surface area contributed by atoms with Crippen LogP contribution < -0.4 is 10.3 Å². The van der Waals surface area contributed by atoms with Crippen LogP contribution in [0.2, 0.25) is 0 Å². The molecule has 0 aliphatic carbocycles. The van der Waals surface area contributed by atoms with Gasteiger partial charge in [-0.15, -0.1) is 0 Å². The Morgan fingerprint density at radius 2 is 2.00 bits per heavy atom. The first-order chi connectivity index (χ1) is 11.1. The highest BCUT2D eigenvalue weighted by Crippen LogP contribution is 2.28. The van der Waals surface area contributed by atoms with Crippen LogP contribution in [0.5, 0.6) is 11.5 Å². The summed E-state index contributed by atoms with van der Waals surface area (Å²) in [5.41, 5.74) is 1.26. The first kappa shape index (κ1) is 15.4. The van der Waals surface area contributed by atoms with E-state index in [0.29, 0.717) is 17.9 Å². The zero-order chi connectivity index (χ0) is 16.2. The lowest BCUT2D eigenvalue weighted by atomic mass is 10.1. The van der Waals surface area contributed by atoms with Gasteiger partial charge in [0.05, 0.1) is 5.69 Å². The minimum Gasteiger partial charge on any atom is -0.454 e. The molecule has 4 nitrogen and oxygen atoms in total. The zero-order valence-corrected chi connectivity index (χ0v) is 13.5. The van der Waals surface area contributed by atoms with Crippen molar-refractivity contribution in [1.82, 2.24) is 10.2 Å². The largest absolute Gasteiger partial charge is 0.454 e. The summed E-state index contributed by atoms with van der Waals surface area (Å²) in [5.74, 6) is 0.241. The monoisotopic (exact) mass is 374 g/mol. The van der Waals surface area contributed by atoms with E-state index in [4.69, 9.17) is 4.74 Å². The molecular weight excluding hydrogens is 363 g/mol. The molecular formula is C17H12BrFN2O2. The molecule has 0 atom stereocenters. The first-order valence-corrected chi connectivity index (χ1v) is 7.66. The number of aromatic nitrogens is 2. The highest BCUT2D eigenvalue weighted by atomic mass is 79.9. The fraction of sp³-hybridized carbons (Fsp3) is 0.0588. The standard InChI is InChI=1S/C17H12BrFN2O2/c18-12-2-1-3-14(10-12)23-16-9-11(4-6-15(16)19)8-13-5-7-17(22)21-20-13/h1-7,9-10H,8H2,(H,21,22). The molecule has 3 aromatic rings.